The molecule has 0 aromatic heterocycles. The molecule has 0 spiro atoms. The van der Waals surface area contributed by atoms with Crippen LogP contribution in [0.2, 0.25) is 0 Å². The highest BCUT2D eigenvalue weighted by Gasteiger charge is 2.03. The average Bonchev–Trinajstić information content (AvgIpc) is 2.50. The number of rotatable bonds is 5. The quantitative estimate of drug-likeness (QED) is 0.667. The maximum absolute atomic E-state index is 13.1. The van der Waals surface area contributed by atoms with Crippen molar-refractivity contribution < 1.29 is 13.9 Å². The zero-order valence-corrected chi connectivity index (χ0v) is 11.9. The van der Waals surface area contributed by atoms with Crippen LogP contribution in [0.15, 0.2) is 54.7 Å². The van der Waals surface area contributed by atoms with E-state index in [-0.39, 0.29) is 11.6 Å². The van der Waals surface area contributed by atoms with Crippen LogP contribution >= 0.6 is 0 Å². The van der Waals surface area contributed by atoms with Gasteiger partial charge in [-0.2, -0.15) is 0 Å². The van der Waals surface area contributed by atoms with E-state index in [1.54, 1.807) is 50.4 Å². The number of aryl methyl sites for hydroxylation is 1. The molecule has 2 aromatic rings. The Labute approximate surface area is 123 Å². The van der Waals surface area contributed by atoms with Gasteiger partial charge in [0.1, 0.15) is 11.6 Å². The Morgan fingerprint density at radius 1 is 1.24 bits per heavy atom. The SMILES string of the molecule is COc1cccc(C(=O)C=CNc2ccc(F)c(C)c2)c1. The minimum absolute atomic E-state index is 0.139. The normalized spacial score (nSPS) is 10.6. The van der Waals surface area contributed by atoms with Gasteiger partial charge in [-0.15, -0.1) is 0 Å². The number of carbonyl (C=O) groups is 1. The first-order valence-electron chi connectivity index (χ1n) is 6.48. The van der Waals surface area contributed by atoms with Gasteiger partial charge in [-0.1, -0.05) is 12.1 Å². The molecule has 0 amide bonds. The Bertz CT molecular complexity index is 680. The van der Waals surface area contributed by atoms with Gasteiger partial charge in [0.25, 0.3) is 0 Å². The van der Waals surface area contributed by atoms with Gasteiger partial charge in [0.15, 0.2) is 5.78 Å². The molecule has 0 aliphatic rings. The van der Waals surface area contributed by atoms with E-state index in [4.69, 9.17) is 4.74 Å². The van der Waals surface area contributed by atoms with Crippen LogP contribution in [0.25, 0.3) is 0 Å². The minimum Gasteiger partial charge on any atom is -0.497 e. The second-order valence-electron chi connectivity index (χ2n) is 4.54. The Kier molecular flexibility index (Phi) is 4.72. The zero-order chi connectivity index (χ0) is 15.2. The van der Waals surface area contributed by atoms with Gasteiger partial charge in [-0.3, -0.25) is 4.79 Å². The number of carbonyl (C=O) groups excluding carboxylic acids is 1. The molecule has 2 aromatic carbocycles. The standard InChI is InChI=1S/C17H16FNO2/c1-12-10-14(6-7-16(12)18)19-9-8-17(20)13-4-3-5-15(11-13)21-2/h3-11,19H,1-2H3. The smallest absolute Gasteiger partial charge is 0.187 e. The van der Waals surface area contributed by atoms with Crippen LogP contribution in [0.4, 0.5) is 10.1 Å². The minimum atomic E-state index is -0.253. The predicted octanol–water partition coefficient (Wildman–Crippen LogP) is 3.95. The molecule has 0 aliphatic heterocycles. The highest BCUT2D eigenvalue weighted by Crippen LogP contribution is 2.15. The van der Waals surface area contributed by atoms with Gasteiger partial charge in [0, 0.05) is 23.5 Å². The summed E-state index contributed by atoms with van der Waals surface area (Å²) in [4.78, 5) is 12.0. The van der Waals surface area contributed by atoms with Crippen molar-refractivity contribution in [2.75, 3.05) is 12.4 Å². The molecular formula is C17H16FNO2. The van der Waals surface area contributed by atoms with Crippen molar-refractivity contribution in [3.63, 3.8) is 0 Å². The van der Waals surface area contributed by atoms with E-state index in [9.17, 15) is 9.18 Å². The van der Waals surface area contributed by atoms with Crippen LogP contribution in [-0.2, 0) is 0 Å². The lowest BCUT2D eigenvalue weighted by molar-refractivity contribution is 0.104. The van der Waals surface area contributed by atoms with Crippen molar-refractivity contribution in [2.45, 2.75) is 6.92 Å². The second-order valence-corrected chi connectivity index (χ2v) is 4.54. The summed E-state index contributed by atoms with van der Waals surface area (Å²) in [5.41, 5.74) is 1.82. The molecule has 0 atom stereocenters. The van der Waals surface area contributed by atoms with Crippen LogP contribution in [0, 0.1) is 12.7 Å². The first-order valence-corrected chi connectivity index (χ1v) is 6.48. The van der Waals surface area contributed by atoms with E-state index in [2.05, 4.69) is 5.32 Å². The van der Waals surface area contributed by atoms with Crippen LogP contribution in [0.1, 0.15) is 15.9 Å². The number of hydrogen-bond donors (Lipinski definition) is 1. The number of ketones is 1. The van der Waals surface area contributed by atoms with Crippen LogP contribution in [0.3, 0.4) is 0 Å². The van der Waals surface area contributed by atoms with E-state index >= 15 is 0 Å². The van der Waals surface area contributed by atoms with Crippen molar-refractivity contribution in [3.05, 3.63) is 71.7 Å². The van der Waals surface area contributed by atoms with Crippen LogP contribution < -0.4 is 10.1 Å². The summed E-state index contributed by atoms with van der Waals surface area (Å²) in [5.74, 6) is 0.244. The van der Waals surface area contributed by atoms with E-state index in [1.807, 2.05) is 0 Å². The highest BCUT2D eigenvalue weighted by molar-refractivity contribution is 6.04. The number of hydrogen-bond acceptors (Lipinski definition) is 3. The zero-order valence-electron chi connectivity index (χ0n) is 11.9. The molecule has 1 N–H and O–H groups in total. The van der Waals surface area contributed by atoms with Crippen LogP contribution in [0.5, 0.6) is 5.75 Å². The largest absolute Gasteiger partial charge is 0.497 e. The highest BCUT2D eigenvalue weighted by atomic mass is 19.1. The number of benzene rings is 2. The molecule has 4 heteroatoms. The van der Waals surface area contributed by atoms with Gasteiger partial charge in [0.2, 0.25) is 0 Å². The first-order chi connectivity index (χ1) is 10.1. The van der Waals surface area contributed by atoms with Crippen molar-refractivity contribution in [1.29, 1.82) is 0 Å². The monoisotopic (exact) mass is 285 g/mol. The molecule has 0 bridgehead atoms. The van der Waals surface area contributed by atoms with Crippen molar-refractivity contribution in [1.82, 2.24) is 0 Å². The number of halogens is 1. The Morgan fingerprint density at radius 2 is 2.05 bits per heavy atom. The van der Waals surface area contributed by atoms with E-state index in [0.29, 0.717) is 16.9 Å². The molecular weight excluding hydrogens is 269 g/mol. The molecule has 0 aliphatic carbocycles. The second kappa shape index (κ2) is 6.70. The van der Waals surface area contributed by atoms with Gasteiger partial charge < -0.3 is 10.1 Å². The number of anilines is 1. The van der Waals surface area contributed by atoms with Crippen molar-refractivity contribution in [3.8, 4) is 5.75 Å². The fraction of sp³-hybridized carbons (Fsp3) is 0.118. The molecule has 21 heavy (non-hydrogen) atoms. The van der Waals surface area contributed by atoms with Gasteiger partial charge in [-0.05, 0) is 42.8 Å². The van der Waals surface area contributed by atoms with Crippen molar-refractivity contribution >= 4 is 11.5 Å². The Morgan fingerprint density at radius 3 is 2.76 bits per heavy atom. The lowest BCUT2D eigenvalue weighted by Crippen LogP contribution is -1.97. The molecule has 0 fully saturated rings. The third kappa shape index (κ3) is 3.92. The van der Waals surface area contributed by atoms with E-state index < -0.39 is 0 Å². The van der Waals surface area contributed by atoms with E-state index in [0.717, 1.165) is 5.69 Å². The molecule has 0 heterocycles. The van der Waals surface area contributed by atoms with Gasteiger partial charge in [0.05, 0.1) is 7.11 Å². The Balaban J connectivity index is 2.03. The lowest BCUT2D eigenvalue weighted by atomic mass is 10.1. The van der Waals surface area contributed by atoms with Gasteiger partial charge >= 0.3 is 0 Å². The summed E-state index contributed by atoms with van der Waals surface area (Å²) < 4.78 is 18.2. The van der Waals surface area contributed by atoms with Crippen molar-refractivity contribution in [2.24, 2.45) is 0 Å². The first kappa shape index (κ1) is 14.8. The molecule has 0 radical (unpaired) electrons. The summed E-state index contributed by atoms with van der Waals surface area (Å²) >= 11 is 0. The third-order valence-electron chi connectivity index (χ3n) is 3.00. The third-order valence-corrected chi connectivity index (χ3v) is 3.00. The topological polar surface area (TPSA) is 38.3 Å². The molecule has 0 saturated carbocycles. The summed E-state index contributed by atoms with van der Waals surface area (Å²) in [6, 6.07) is 11.6. The van der Waals surface area contributed by atoms with Gasteiger partial charge in [-0.25, -0.2) is 4.39 Å². The maximum Gasteiger partial charge on any atom is 0.187 e. The average molecular weight is 285 g/mol. The predicted molar refractivity (Wildman–Crippen MR) is 81.2 cm³/mol. The molecule has 108 valence electrons. The Hall–Kier alpha value is -2.62. The summed E-state index contributed by atoms with van der Waals surface area (Å²) in [7, 11) is 1.55. The maximum atomic E-state index is 13.1. The number of nitrogens with one attached hydrogen (secondary N) is 1. The summed E-state index contributed by atoms with van der Waals surface area (Å²) in [6.07, 6.45) is 2.96. The lowest BCUT2D eigenvalue weighted by Gasteiger charge is -2.03. The molecule has 0 saturated heterocycles. The molecule has 0 unspecified atom stereocenters. The summed E-state index contributed by atoms with van der Waals surface area (Å²) in [6.45, 7) is 1.69. The van der Waals surface area contributed by atoms with Crippen LogP contribution in [-0.4, -0.2) is 12.9 Å². The van der Waals surface area contributed by atoms with E-state index in [1.165, 1.54) is 18.3 Å². The summed E-state index contributed by atoms with van der Waals surface area (Å²) in [5, 5.41) is 2.94. The number of ether oxygens (including phenoxy) is 1. The fourth-order valence-electron chi connectivity index (χ4n) is 1.82. The fourth-order valence-corrected chi connectivity index (χ4v) is 1.82. The molecule has 3 nitrogen and oxygen atoms in total. The number of allylic oxidation sites excluding steroid dienone is 1. The number of methoxy groups -OCH3 is 1. The molecule has 2 rings (SSSR count).